The van der Waals surface area contributed by atoms with Crippen molar-refractivity contribution in [3.8, 4) is 0 Å². The molecule has 0 radical (unpaired) electrons. The van der Waals surface area contributed by atoms with E-state index in [9.17, 15) is 28.9 Å². The minimum absolute atomic E-state index is 0.0806. The van der Waals surface area contributed by atoms with Crippen LogP contribution in [0.2, 0.25) is 0 Å². The fourth-order valence-electron chi connectivity index (χ4n) is 5.00. The van der Waals surface area contributed by atoms with Crippen molar-refractivity contribution in [2.45, 2.75) is 154 Å². The van der Waals surface area contributed by atoms with Gasteiger partial charge in [0.15, 0.2) is 6.10 Å². The van der Waals surface area contributed by atoms with E-state index < -0.39 is 63.8 Å². The molecule has 57 heavy (non-hydrogen) atoms. The lowest BCUT2D eigenvalue weighted by Crippen LogP contribution is -2.34. The number of hydrogen-bond donors (Lipinski definition) is 4. The quantitative estimate of drug-likeness (QED) is 0.0153. The van der Waals surface area contributed by atoms with Crippen LogP contribution in [0, 0.1) is 0 Å². The second-order valence-corrected chi connectivity index (χ2v) is 15.0. The Morgan fingerprint density at radius 3 is 1.75 bits per heavy atom. The fraction of sp³-hybridized carbons (Fsp3) is 0.614. The van der Waals surface area contributed by atoms with Gasteiger partial charge in [0, 0.05) is 12.8 Å². The third kappa shape index (κ3) is 37.9. The van der Waals surface area contributed by atoms with Crippen LogP contribution in [0.25, 0.3) is 0 Å². The van der Waals surface area contributed by atoms with Crippen molar-refractivity contribution in [1.82, 2.24) is 0 Å². The van der Waals surface area contributed by atoms with E-state index in [-0.39, 0.29) is 12.8 Å². The number of aliphatic carboxylic acids is 1. The molecule has 0 saturated heterocycles. The number of carbonyl (C=O) groups excluding carboxylic acids is 2. The molecule has 13 heteroatoms. The van der Waals surface area contributed by atoms with Crippen molar-refractivity contribution in [2.24, 2.45) is 5.73 Å². The number of carbonyl (C=O) groups is 3. The Kier molecular flexibility index (Phi) is 35.9. The first-order valence-electron chi connectivity index (χ1n) is 20.7. The molecule has 0 saturated carbocycles. The SMILES string of the molecule is CC/C=C\C/C=C\C/C=C\C/C=C\CCCCCCC(=O)OC[C@H](COP(=O)(O)OC[C@H](N)C(=O)O)OC(=O)CCCCCCCC(O)/C=C/C=C/C/C=C/CC. The van der Waals surface area contributed by atoms with Crippen molar-refractivity contribution in [2.75, 3.05) is 19.8 Å². The van der Waals surface area contributed by atoms with Gasteiger partial charge in [-0.2, -0.15) is 0 Å². The molecule has 0 aromatic carbocycles. The van der Waals surface area contributed by atoms with Crippen LogP contribution in [0.3, 0.4) is 0 Å². The normalized spacial score (nSPS) is 15.2. The number of carboxylic acid groups (broad SMARTS) is 1. The number of carboxylic acids is 1. The van der Waals surface area contributed by atoms with Crippen LogP contribution in [0.15, 0.2) is 85.1 Å². The molecule has 0 rings (SSSR count). The molecule has 0 aromatic rings. The van der Waals surface area contributed by atoms with Crippen LogP contribution in [0.1, 0.15) is 136 Å². The topological polar surface area (TPSA) is 192 Å². The molecule has 0 bridgehead atoms. The summed E-state index contributed by atoms with van der Waals surface area (Å²) in [5.74, 6) is -2.51. The number of nitrogens with two attached hydrogens (primary N) is 1. The fourth-order valence-corrected chi connectivity index (χ4v) is 5.78. The third-order valence-corrected chi connectivity index (χ3v) is 9.19. The minimum Gasteiger partial charge on any atom is -0.480 e. The van der Waals surface area contributed by atoms with Gasteiger partial charge < -0.3 is 30.3 Å². The lowest BCUT2D eigenvalue weighted by molar-refractivity contribution is -0.161. The van der Waals surface area contributed by atoms with Gasteiger partial charge in [-0.25, -0.2) is 4.57 Å². The maximum absolute atomic E-state index is 12.6. The van der Waals surface area contributed by atoms with Gasteiger partial charge >= 0.3 is 25.7 Å². The average molecular weight is 822 g/mol. The number of esters is 2. The number of phosphoric ester groups is 1. The Balaban J connectivity index is 4.54. The molecule has 0 aliphatic rings. The molecule has 0 aliphatic heterocycles. The van der Waals surface area contributed by atoms with E-state index in [1.807, 2.05) is 18.2 Å². The van der Waals surface area contributed by atoms with E-state index in [0.29, 0.717) is 19.3 Å². The number of rotatable bonds is 37. The van der Waals surface area contributed by atoms with Gasteiger partial charge in [0.2, 0.25) is 0 Å². The van der Waals surface area contributed by atoms with Crippen LogP contribution in [-0.4, -0.2) is 71.1 Å². The number of aliphatic hydroxyl groups excluding tert-OH is 1. The van der Waals surface area contributed by atoms with E-state index >= 15 is 0 Å². The molecule has 12 nitrogen and oxygen atoms in total. The van der Waals surface area contributed by atoms with E-state index in [1.165, 1.54) is 0 Å². The predicted molar refractivity (Wildman–Crippen MR) is 227 cm³/mol. The zero-order valence-electron chi connectivity index (χ0n) is 34.5. The van der Waals surface area contributed by atoms with Crippen molar-refractivity contribution in [3.05, 3.63) is 85.1 Å². The highest BCUT2D eigenvalue weighted by molar-refractivity contribution is 7.47. The minimum atomic E-state index is -4.75. The van der Waals surface area contributed by atoms with Gasteiger partial charge in [0.25, 0.3) is 0 Å². The van der Waals surface area contributed by atoms with Crippen molar-refractivity contribution < 1.29 is 52.6 Å². The Morgan fingerprint density at radius 2 is 1.14 bits per heavy atom. The van der Waals surface area contributed by atoms with Gasteiger partial charge in [0.1, 0.15) is 12.6 Å². The summed E-state index contributed by atoms with van der Waals surface area (Å²) in [7, 11) is -4.75. The summed E-state index contributed by atoms with van der Waals surface area (Å²) in [6.45, 7) is 2.41. The predicted octanol–water partition coefficient (Wildman–Crippen LogP) is 9.69. The summed E-state index contributed by atoms with van der Waals surface area (Å²) in [4.78, 5) is 45.9. The first kappa shape index (κ1) is 53.6. The number of allylic oxidation sites excluding steroid dienone is 13. The Bertz CT molecular complexity index is 1300. The van der Waals surface area contributed by atoms with E-state index in [2.05, 4.69) is 79.1 Å². The molecular weight excluding hydrogens is 749 g/mol. The number of hydrogen-bond acceptors (Lipinski definition) is 10. The molecule has 0 amide bonds. The Morgan fingerprint density at radius 1 is 0.632 bits per heavy atom. The zero-order valence-corrected chi connectivity index (χ0v) is 35.4. The molecule has 0 aliphatic carbocycles. The molecular formula is C44H72NO11P. The van der Waals surface area contributed by atoms with E-state index in [0.717, 1.165) is 89.9 Å². The monoisotopic (exact) mass is 821 g/mol. The van der Waals surface area contributed by atoms with Gasteiger partial charge in [-0.1, -0.05) is 137 Å². The summed E-state index contributed by atoms with van der Waals surface area (Å²) in [6, 6.07) is -1.55. The smallest absolute Gasteiger partial charge is 0.472 e. The van der Waals surface area contributed by atoms with Crippen molar-refractivity contribution >= 4 is 25.7 Å². The van der Waals surface area contributed by atoms with Crippen molar-refractivity contribution in [1.29, 1.82) is 0 Å². The summed E-state index contributed by atoms with van der Waals surface area (Å²) in [6.07, 6.45) is 42.4. The largest absolute Gasteiger partial charge is 0.480 e. The number of phosphoric acid groups is 1. The Hall–Kier alpha value is -3.38. The van der Waals surface area contributed by atoms with Crippen LogP contribution in [0.5, 0.6) is 0 Å². The lowest BCUT2D eigenvalue weighted by atomic mass is 10.1. The standard InChI is InChI=1S/C44H72NO11P/c1-3-5-7-9-11-12-13-14-15-16-17-18-19-20-22-26-30-34-42(47)53-36-40(37-54-57(51,52)55-38-41(45)44(49)50)56-43(48)35-31-27-23-25-29-33-39(46)32-28-24-21-10-8-6-4-2/h5-8,11-12,14-15,17-18,21,24,28,32,39-41,46H,3-4,9-10,13,16,19-20,22-23,25-27,29-31,33-38,45H2,1-2H3,(H,49,50)(H,51,52)/b7-5-,8-6+,12-11-,15-14-,18-17-,24-21+,32-28+/t39?,40-,41+/m1/s1. The van der Waals surface area contributed by atoms with E-state index in [1.54, 1.807) is 6.08 Å². The second-order valence-electron chi connectivity index (χ2n) is 13.6. The highest BCUT2D eigenvalue weighted by Gasteiger charge is 2.28. The number of ether oxygens (including phenoxy) is 2. The summed E-state index contributed by atoms with van der Waals surface area (Å²) in [5.41, 5.74) is 5.32. The van der Waals surface area contributed by atoms with E-state index in [4.69, 9.17) is 24.8 Å². The summed E-state index contributed by atoms with van der Waals surface area (Å²) < 4.78 is 32.6. The molecule has 324 valence electrons. The van der Waals surface area contributed by atoms with Gasteiger partial charge in [-0.05, 0) is 70.6 Å². The van der Waals surface area contributed by atoms with Crippen LogP contribution in [0.4, 0.5) is 0 Å². The zero-order chi connectivity index (χ0) is 42.2. The first-order chi connectivity index (χ1) is 27.5. The lowest BCUT2D eigenvalue weighted by Gasteiger charge is -2.20. The van der Waals surface area contributed by atoms with Gasteiger partial charge in [-0.3, -0.25) is 23.4 Å². The third-order valence-electron chi connectivity index (χ3n) is 8.24. The number of unbranched alkanes of at least 4 members (excludes halogenated alkanes) is 8. The van der Waals surface area contributed by atoms with Gasteiger partial charge in [0.05, 0.1) is 19.3 Å². The molecule has 0 heterocycles. The molecule has 0 fully saturated rings. The van der Waals surface area contributed by atoms with Crippen LogP contribution in [-0.2, 0) is 37.5 Å². The molecule has 5 N–H and O–H groups in total. The maximum Gasteiger partial charge on any atom is 0.472 e. The summed E-state index contributed by atoms with van der Waals surface area (Å²) in [5, 5.41) is 19.0. The van der Waals surface area contributed by atoms with Gasteiger partial charge in [-0.15, -0.1) is 0 Å². The average Bonchev–Trinajstić information content (AvgIpc) is 3.18. The van der Waals surface area contributed by atoms with Crippen LogP contribution < -0.4 is 5.73 Å². The van der Waals surface area contributed by atoms with Crippen molar-refractivity contribution in [3.63, 3.8) is 0 Å². The maximum atomic E-state index is 12.6. The molecule has 0 spiro atoms. The molecule has 0 aromatic heterocycles. The Labute approximate surface area is 342 Å². The second kappa shape index (κ2) is 38.2. The highest BCUT2D eigenvalue weighted by atomic mass is 31.2. The van der Waals surface area contributed by atoms with Crippen LogP contribution >= 0.6 is 7.82 Å². The summed E-state index contributed by atoms with van der Waals surface area (Å²) >= 11 is 0. The number of aliphatic hydroxyl groups is 1. The molecule has 2 unspecified atom stereocenters. The molecule has 4 atom stereocenters. The highest BCUT2D eigenvalue weighted by Crippen LogP contribution is 2.43. The first-order valence-corrected chi connectivity index (χ1v) is 22.2.